The van der Waals surface area contributed by atoms with Gasteiger partial charge in [0, 0.05) is 29.9 Å². The van der Waals surface area contributed by atoms with E-state index in [1.807, 2.05) is 0 Å². The van der Waals surface area contributed by atoms with Gasteiger partial charge in [-0.05, 0) is 24.1 Å². The molecular weight excluding hydrogens is 345 g/mol. The van der Waals surface area contributed by atoms with Crippen LogP contribution in [0.2, 0.25) is 0 Å². The fraction of sp³-hybridized carbons (Fsp3) is 0.294. The molecule has 0 aliphatic carbocycles. The van der Waals surface area contributed by atoms with Crippen LogP contribution in [-0.4, -0.2) is 49.7 Å². The highest BCUT2D eigenvalue weighted by molar-refractivity contribution is 7.99. The maximum atomic E-state index is 13.0. The molecule has 1 aromatic carbocycles. The van der Waals surface area contributed by atoms with Crippen molar-refractivity contribution in [3.8, 4) is 0 Å². The number of carboxylic acid groups (broad SMARTS) is 1. The number of carbonyl (C=O) groups excluding carboxylic acids is 1. The zero-order valence-corrected chi connectivity index (χ0v) is 14.0. The summed E-state index contributed by atoms with van der Waals surface area (Å²) in [4.78, 5) is 33.4. The Morgan fingerprint density at radius 3 is 2.68 bits per heavy atom. The summed E-state index contributed by atoms with van der Waals surface area (Å²) < 4.78 is 13.0. The summed E-state index contributed by atoms with van der Waals surface area (Å²) in [5.74, 6) is -1.21. The molecule has 0 saturated carbocycles. The van der Waals surface area contributed by atoms with Gasteiger partial charge in [-0.2, -0.15) is 11.8 Å². The fourth-order valence-electron chi connectivity index (χ4n) is 2.80. The smallest absolute Gasteiger partial charge is 0.327 e. The van der Waals surface area contributed by atoms with Gasteiger partial charge < -0.3 is 10.0 Å². The van der Waals surface area contributed by atoms with Gasteiger partial charge in [0.15, 0.2) is 0 Å². The van der Waals surface area contributed by atoms with Crippen LogP contribution in [0.1, 0.15) is 22.5 Å². The number of likely N-dealkylation sites (tertiary alicyclic amines) is 1. The summed E-state index contributed by atoms with van der Waals surface area (Å²) in [6.07, 6.45) is 4.77. The normalized spacial score (nSPS) is 19.8. The summed E-state index contributed by atoms with van der Waals surface area (Å²) in [6.45, 7) is 0.355. The number of aromatic nitrogens is 2. The predicted octanol–water partition coefficient (Wildman–Crippen LogP) is 2.22. The molecule has 0 radical (unpaired) electrons. The summed E-state index contributed by atoms with van der Waals surface area (Å²) >= 11 is 1.46. The maximum Gasteiger partial charge on any atom is 0.327 e. The van der Waals surface area contributed by atoms with E-state index in [-0.39, 0.29) is 16.8 Å². The third-order valence-corrected chi connectivity index (χ3v) is 5.44. The summed E-state index contributed by atoms with van der Waals surface area (Å²) in [6, 6.07) is 5.19. The Bertz CT molecular complexity index is 757. The van der Waals surface area contributed by atoms with Crippen molar-refractivity contribution in [2.75, 3.05) is 6.54 Å². The first-order valence-electron chi connectivity index (χ1n) is 7.72. The van der Waals surface area contributed by atoms with Crippen molar-refractivity contribution < 1.29 is 19.1 Å². The second-order valence-corrected chi connectivity index (χ2v) is 6.86. The van der Waals surface area contributed by atoms with Gasteiger partial charge in [-0.25, -0.2) is 14.2 Å². The molecule has 1 N–H and O–H groups in total. The zero-order valence-electron chi connectivity index (χ0n) is 13.2. The number of aliphatic carboxylic acids is 1. The van der Waals surface area contributed by atoms with E-state index in [9.17, 15) is 19.1 Å². The second-order valence-electron chi connectivity index (χ2n) is 5.64. The average molecular weight is 361 g/mol. The summed E-state index contributed by atoms with van der Waals surface area (Å²) in [7, 11) is 0. The van der Waals surface area contributed by atoms with Crippen LogP contribution in [0.3, 0.4) is 0 Å². The van der Waals surface area contributed by atoms with E-state index >= 15 is 0 Å². The molecule has 1 amide bonds. The van der Waals surface area contributed by atoms with Crippen LogP contribution in [0.4, 0.5) is 4.39 Å². The van der Waals surface area contributed by atoms with Crippen molar-refractivity contribution in [1.29, 1.82) is 0 Å². The SMILES string of the molecule is O=C(O)C1C(SCc2ccc(F)cc2)CCN1C(=O)c1cnccn1. The minimum atomic E-state index is -1.04. The van der Waals surface area contributed by atoms with Gasteiger partial charge in [-0.3, -0.25) is 9.78 Å². The molecule has 2 unspecified atom stereocenters. The number of thioether (sulfide) groups is 1. The van der Waals surface area contributed by atoms with Crippen LogP contribution in [0.15, 0.2) is 42.9 Å². The number of rotatable bonds is 5. The van der Waals surface area contributed by atoms with Gasteiger partial charge in [0.25, 0.3) is 5.91 Å². The molecule has 1 saturated heterocycles. The molecule has 2 atom stereocenters. The van der Waals surface area contributed by atoms with Crippen molar-refractivity contribution in [2.24, 2.45) is 0 Å². The molecule has 1 aromatic heterocycles. The molecule has 130 valence electrons. The van der Waals surface area contributed by atoms with Crippen LogP contribution in [0.5, 0.6) is 0 Å². The maximum absolute atomic E-state index is 13.0. The lowest BCUT2D eigenvalue weighted by Crippen LogP contribution is -2.44. The Morgan fingerprint density at radius 1 is 1.28 bits per heavy atom. The average Bonchev–Trinajstić information content (AvgIpc) is 3.05. The van der Waals surface area contributed by atoms with E-state index in [0.717, 1.165) is 5.56 Å². The van der Waals surface area contributed by atoms with Crippen molar-refractivity contribution in [3.05, 3.63) is 59.9 Å². The highest BCUT2D eigenvalue weighted by Crippen LogP contribution is 2.32. The molecule has 0 bridgehead atoms. The molecule has 25 heavy (non-hydrogen) atoms. The van der Waals surface area contributed by atoms with Crippen LogP contribution in [0.25, 0.3) is 0 Å². The Kier molecular flexibility index (Phi) is 5.28. The molecule has 0 spiro atoms. The Morgan fingerprint density at radius 2 is 2.04 bits per heavy atom. The second kappa shape index (κ2) is 7.60. The first-order chi connectivity index (χ1) is 12.1. The number of halogens is 1. The van der Waals surface area contributed by atoms with Crippen molar-refractivity contribution >= 4 is 23.6 Å². The quantitative estimate of drug-likeness (QED) is 0.879. The van der Waals surface area contributed by atoms with E-state index in [0.29, 0.717) is 18.7 Å². The number of nitrogens with zero attached hydrogens (tertiary/aromatic N) is 3. The van der Waals surface area contributed by atoms with E-state index < -0.39 is 17.9 Å². The number of amides is 1. The lowest BCUT2D eigenvalue weighted by atomic mass is 10.2. The van der Waals surface area contributed by atoms with Crippen LogP contribution in [-0.2, 0) is 10.5 Å². The van der Waals surface area contributed by atoms with Crippen LogP contribution in [0, 0.1) is 5.82 Å². The molecule has 6 nitrogen and oxygen atoms in total. The molecule has 1 aliphatic heterocycles. The number of hydrogen-bond donors (Lipinski definition) is 1. The van der Waals surface area contributed by atoms with E-state index in [1.54, 1.807) is 12.1 Å². The topological polar surface area (TPSA) is 83.4 Å². The molecule has 3 rings (SSSR count). The molecule has 8 heteroatoms. The lowest BCUT2D eigenvalue weighted by Gasteiger charge is -2.24. The molecular formula is C17H16FN3O3S. The Balaban J connectivity index is 1.70. The van der Waals surface area contributed by atoms with Gasteiger partial charge in [0.2, 0.25) is 0 Å². The highest BCUT2D eigenvalue weighted by atomic mass is 32.2. The fourth-order valence-corrected chi connectivity index (χ4v) is 4.12. The van der Waals surface area contributed by atoms with Crippen molar-refractivity contribution in [3.63, 3.8) is 0 Å². The van der Waals surface area contributed by atoms with Crippen molar-refractivity contribution in [2.45, 2.75) is 23.5 Å². The molecule has 2 heterocycles. The molecule has 1 fully saturated rings. The highest BCUT2D eigenvalue weighted by Gasteiger charge is 2.42. The number of carboxylic acids is 1. The number of carbonyl (C=O) groups is 2. The van der Waals surface area contributed by atoms with E-state index in [1.165, 1.54) is 47.4 Å². The number of hydrogen-bond acceptors (Lipinski definition) is 5. The molecule has 1 aliphatic rings. The van der Waals surface area contributed by atoms with E-state index in [4.69, 9.17) is 0 Å². The van der Waals surface area contributed by atoms with Gasteiger partial charge >= 0.3 is 5.97 Å². The third-order valence-electron chi connectivity index (χ3n) is 4.02. The first kappa shape index (κ1) is 17.3. The standard InChI is InChI=1S/C17H16FN3O3S/c18-12-3-1-11(2-4-12)10-25-14-5-8-21(15(14)17(23)24)16(22)13-9-19-6-7-20-13/h1-4,6-7,9,14-15H,5,8,10H2,(H,23,24). The molecule has 2 aromatic rings. The predicted molar refractivity (Wildman–Crippen MR) is 90.6 cm³/mol. The van der Waals surface area contributed by atoms with Crippen LogP contribution < -0.4 is 0 Å². The minimum absolute atomic E-state index is 0.137. The summed E-state index contributed by atoms with van der Waals surface area (Å²) in [5, 5.41) is 9.36. The van der Waals surface area contributed by atoms with Gasteiger partial charge in [-0.15, -0.1) is 0 Å². The monoisotopic (exact) mass is 361 g/mol. The first-order valence-corrected chi connectivity index (χ1v) is 8.77. The number of benzene rings is 1. The van der Waals surface area contributed by atoms with Crippen molar-refractivity contribution in [1.82, 2.24) is 14.9 Å². The Labute approximate surface area is 148 Å². The largest absolute Gasteiger partial charge is 0.480 e. The van der Waals surface area contributed by atoms with Crippen LogP contribution >= 0.6 is 11.8 Å². The lowest BCUT2D eigenvalue weighted by molar-refractivity contribution is -0.141. The summed E-state index contributed by atoms with van der Waals surface area (Å²) in [5.41, 5.74) is 1.05. The van der Waals surface area contributed by atoms with Gasteiger partial charge in [0.1, 0.15) is 17.6 Å². The van der Waals surface area contributed by atoms with Gasteiger partial charge in [0.05, 0.1) is 6.20 Å². The Hall–Kier alpha value is -2.48. The van der Waals surface area contributed by atoms with Gasteiger partial charge in [-0.1, -0.05) is 12.1 Å². The van der Waals surface area contributed by atoms with E-state index in [2.05, 4.69) is 9.97 Å². The minimum Gasteiger partial charge on any atom is -0.480 e. The zero-order chi connectivity index (χ0) is 17.8. The third kappa shape index (κ3) is 3.96.